The Bertz CT molecular complexity index is 918. The Hall–Kier alpha value is -2.61. The van der Waals surface area contributed by atoms with Crippen molar-refractivity contribution < 1.29 is 4.79 Å². The Morgan fingerprint density at radius 3 is 3.19 bits per heavy atom. The Morgan fingerprint density at radius 1 is 1.38 bits per heavy atom. The minimum atomic E-state index is -0.289. The van der Waals surface area contributed by atoms with Crippen LogP contribution in [-0.4, -0.2) is 31.1 Å². The number of aromatic nitrogens is 5. The third-order valence-corrected chi connectivity index (χ3v) is 5.50. The Labute approximate surface area is 155 Å². The average Bonchev–Trinajstić information content (AvgIpc) is 3.26. The lowest BCUT2D eigenvalue weighted by molar-refractivity contribution is -0.123. The second-order valence-electron chi connectivity index (χ2n) is 6.54. The van der Waals surface area contributed by atoms with Gasteiger partial charge in [0.25, 0.3) is 0 Å². The molecule has 8 heteroatoms. The van der Waals surface area contributed by atoms with Crippen molar-refractivity contribution in [3.63, 3.8) is 0 Å². The molecule has 0 radical (unpaired) electrons. The molecule has 134 valence electrons. The van der Waals surface area contributed by atoms with Crippen LogP contribution >= 0.6 is 11.3 Å². The van der Waals surface area contributed by atoms with Gasteiger partial charge in [0.15, 0.2) is 5.82 Å². The van der Waals surface area contributed by atoms with E-state index in [9.17, 15) is 4.79 Å². The number of tetrazole rings is 1. The van der Waals surface area contributed by atoms with Crippen LogP contribution in [-0.2, 0) is 17.9 Å². The van der Waals surface area contributed by atoms with Gasteiger partial charge in [-0.05, 0) is 36.3 Å². The van der Waals surface area contributed by atoms with Gasteiger partial charge in [0.2, 0.25) is 5.91 Å². The monoisotopic (exact) mass is 368 g/mol. The average molecular weight is 368 g/mol. The highest BCUT2D eigenvalue weighted by molar-refractivity contribution is 7.13. The van der Waals surface area contributed by atoms with Gasteiger partial charge in [-0.1, -0.05) is 30.2 Å². The molecule has 1 aliphatic rings. The zero-order chi connectivity index (χ0) is 17.9. The van der Waals surface area contributed by atoms with Gasteiger partial charge in [-0.3, -0.25) is 4.79 Å². The number of nitrogens with one attached hydrogen (secondary N) is 1. The molecule has 1 N–H and O–H groups in total. The molecule has 0 aliphatic carbocycles. The first-order chi connectivity index (χ1) is 12.7. The standard InChI is InChI=1S/C18H20N6OS/c1-12-5-4-6-13(9-12)18-20-14(11-26-18)10-19-17(25)15-7-2-3-8-24-16(15)21-22-23-24/h4-6,9,11,15H,2-3,7-8,10H2,1H3,(H,19,25). The van der Waals surface area contributed by atoms with Gasteiger partial charge in [-0.15, -0.1) is 16.4 Å². The van der Waals surface area contributed by atoms with Crippen LogP contribution in [0.2, 0.25) is 0 Å². The second kappa shape index (κ2) is 7.33. The molecule has 1 atom stereocenters. The van der Waals surface area contributed by atoms with Crippen LogP contribution in [0.4, 0.5) is 0 Å². The molecule has 2 aromatic heterocycles. The molecule has 3 aromatic rings. The van der Waals surface area contributed by atoms with Crippen molar-refractivity contribution >= 4 is 17.2 Å². The van der Waals surface area contributed by atoms with Crippen molar-refractivity contribution in [2.75, 3.05) is 0 Å². The van der Waals surface area contributed by atoms with E-state index in [-0.39, 0.29) is 11.8 Å². The highest BCUT2D eigenvalue weighted by Gasteiger charge is 2.28. The molecule has 1 unspecified atom stereocenters. The molecular formula is C18H20N6OS. The molecule has 1 amide bonds. The van der Waals surface area contributed by atoms with Gasteiger partial charge >= 0.3 is 0 Å². The molecule has 7 nitrogen and oxygen atoms in total. The molecule has 0 spiro atoms. The third-order valence-electron chi connectivity index (χ3n) is 4.56. The molecule has 3 heterocycles. The lowest BCUT2D eigenvalue weighted by Crippen LogP contribution is -2.30. The van der Waals surface area contributed by atoms with Crippen molar-refractivity contribution in [1.29, 1.82) is 0 Å². The molecule has 4 rings (SSSR count). The van der Waals surface area contributed by atoms with Crippen LogP contribution in [0.25, 0.3) is 10.6 Å². The number of aryl methyl sites for hydroxylation is 2. The predicted octanol–water partition coefficient (Wildman–Crippen LogP) is 2.69. The lowest BCUT2D eigenvalue weighted by Gasteiger charge is -2.12. The van der Waals surface area contributed by atoms with E-state index < -0.39 is 0 Å². The third kappa shape index (κ3) is 3.50. The summed E-state index contributed by atoms with van der Waals surface area (Å²) in [6.45, 7) is 3.26. The highest BCUT2D eigenvalue weighted by Crippen LogP contribution is 2.26. The van der Waals surface area contributed by atoms with Crippen LogP contribution in [0.3, 0.4) is 0 Å². The Morgan fingerprint density at radius 2 is 2.31 bits per heavy atom. The van der Waals surface area contributed by atoms with Crippen LogP contribution in [0.15, 0.2) is 29.6 Å². The van der Waals surface area contributed by atoms with E-state index in [1.165, 1.54) is 5.56 Å². The van der Waals surface area contributed by atoms with Crippen LogP contribution in [0.5, 0.6) is 0 Å². The normalized spacial score (nSPS) is 16.7. The fourth-order valence-corrected chi connectivity index (χ4v) is 4.02. The summed E-state index contributed by atoms with van der Waals surface area (Å²) < 4.78 is 1.75. The Kier molecular flexibility index (Phi) is 4.75. The van der Waals surface area contributed by atoms with Crippen LogP contribution < -0.4 is 5.32 Å². The largest absolute Gasteiger partial charge is 0.350 e. The second-order valence-corrected chi connectivity index (χ2v) is 7.40. The van der Waals surface area contributed by atoms with Crippen molar-refractivity contribution in [3.8, 4) is 10.6 Å². The van der Waals surface area contributed by atoms with Crippen molar-refractivity contribution in [3.05, 3.63) is 46.7 Å². The quantitative estimate of drug-likeness (QED) is 0.765. The smallest absolute Gasteiger partial charge is 0.231 e. The van der Waals surface area contributed by atoms with Crippen molar-refractivity contribution in [2.45, 2.75) is 45.2 Å². The predicted molar refractivity (Wildman–Crippen MR) is 98.5 cm³/mol. The topological polar surface area (TPSA) is 85.6 Å². The minimum absolute atomic E-state index is 0.0342. The number of benzene rings is 1. The van der Waals surface area contributed by atoms with Gasteiger partial charge in [-0.25, -0.2) is 9.67 Å². The number of hydrogen-bond donors (Lipinski definition) is 1. The van der Waals surface area contributed by atoms with Crippen LogP contribution in [0, 0.1) is 6.92 Å². The maximum absolute atomic E-state index is 12.7. The number of hydrogen-bond acceptors (Lipinski definition) is 6. The minimum Gasteiger partial charge on any atom is -0.350 e. The fraction of sp³-hybridized carbons (Fsp3) is 0.389. The highest BCUT2D eigenvalue weighted by atomic mass is 32.1. The van der Waals surface area contributed by atoms with Crippen LogP contribution in [0.1, 0.15) is 42.3 Å². The molecule has 0 saturated carbocycles. The number of thiazole rings is 1. The van der Waals surface area contributed by atoms with E-state index in [1.807, 2.05) is 11.4 Å². The zero-order valence-corrected chi connectivity index (χ0v) is 15.4. The van der Waals surface area contributed by atoms with Crippen molar-refractivity contribution in [1.82, 2.24) is 30.5 Å². The van der Waals surface area contributed by atoms with Gasteiger partial charge in [0.05, 0.1) is 18.2 Å². The molecule has 0 fully saturated rings. The molecule has 1 aliphatic heterocycles. The number of carbonyl (C=O) groups excluding carboxylic acids is 1. The van der Waals surface area contributed by atoms with E-state index in [0.717, 1.165) is 42.1 Å². The van der Waals surface area contributed by atoms with E-state index in [1.54, 1.807) is 16.0 Å². The lowest BCUT2D eigenvalue weighted by atomic mass is 10.0. The first-order valence-electron chi connectivity index (χ1n) is 8.76. The zero-order valence-electron chi connectivity index (χ0n) is 14.6. The summed E-state index contributed by atoms with van der Waals surface area (Å²) in [5.74, 6) is 0.342. The summed E-state index contributed by atoms with van der Waals surface area (Å²) in [6.07, 6.45) is 2.75. The maximum Gasteiger partial charge on any atom is 0.231 e. The summed E-state index contributed by atoms with van der Waals surface area (Å²) >= 11 is 1.59. The number of amides is 1. The Balaban J connectivity index is 1.43. The number of rotatable bonds is 4. The van der Waals surface area contributed by atoms with E-state index in [4.69, 9.17) is 0 Å². The van der Waals surface area contributed by atoms with Gasteiger partial charge in [0.1, 0.15) is 5.01 Å². The summed E-state index contributed by atoms with van der Waals surface area (Å²) in [7, 11) is 0. The first kappa shape index (κ1) is 16.8. The van der Waals surface area contributed by atoms with Gasteiger partial charge in [-0.2, -0.15) is 0 Å². The number of carbonyl (C=O) groups is 1. The SMILES string of the molecule is Cc1cccc(-c2nc(CNC(=O)C3CCCCn4nnnc43)cs2)c1. The fourth-order valence-electron chi connectivity index (χ4n) is 3.21. The van der Waals surface area contributed by atoms with E-state index >= 15 is 0 Å². The molecule has 0 bridgehead atoms. The summed E-state index contributed by atoms with van der Waals surface area (Å²) in [4.78, 5) is 17.3. The van der Waals surface area contributed by atoms with E-state index in [0.29, 0.717) is 12.4 Å². The molecule has 0 saturated heterocycles. The van der Waals surface area contributed by atoms with Gasteiger partial charge in [0, 0.05) is 17.5 Å². The molecular weight excluding hydrogens is 348 g/mol. The molecule has 26 heavy (non-hydrogen) atoms. The molecule has 1 aromatic carbocycles. The number of nitrogens with zero attached hydrogens (tertiary/aromatic N) is 5. The van der Waals surface area contributed by atoms with Gasteiger partial charge < -0.3 is 5.32 Å². The maximum atomic E-state index is 12.7. The number of fused-ring (bicyclic) bond motifs is 1. The summed E-state index contributed by atoms with van der Waals surface area (Å²) in [5, 5.41) is 17.7. The first-order valence-corrected chi connectivity index (χ1v) is 9.64. The summed E-state index contributed by atoms with van der Waals surface area (Å²) in [6, 6.07) is 8.27. The van der Waals surface area contributed by atoms with E-state index in [2.05, 4.69) is 50.9 Å². The summed E-state index contributed by atoms with van der Waals surface area (Å²) in [5.41, 5.74) is 3.18. The van der Waals surface area contributed by atoms with Crippen molar-refractivity contribution in [2.24, 2.45) is 0 Å².